The van der Waals surface area contributed by atoms with Crippen LogP contribution in [-0.4, -0.2) is 14.3 Å². The molecule has 1 N–H and O–H groups in total. The molecule has 0 unspecified atom stereocenters. The molecule has 2 rings (SSSR count). The fourth-order valence-electron chi connectivity index (χ4n) is 2.13. The molecule has 28 heavy (non-hydrogen) atoms. The van der Waals surface area contributed by atoms with Crippen molar-refractivity contribution in [2.75, 3.05) is 0 Å². The molecule has 0 aliphatic carbocycles. The normalized spacial score (nSPS) is 11.6. The van der Waals surface area contributed by atoms with Gasteiger partial charge in [0.05, 0.1) is 33.7 Å². The van der Waals surface area contributed by atoms with Gasteiger partial charge in [0.2, 0.25) is 0 Å². The number of sulfonamides is 1. The Morgan fingerprint density at radius 2 is 1.79 bits per heavy atom. The number of rotatable bonds is 4. The van der Waals surface area contributed by atoms with E-state index in [0.717, 1.165) is 12.1 Å². The number of carbonyl (C=O) groups is 1. The maximum atomic E-state index is 13.0. The zero-order valence-electron chi connectivity index (χ0n) is 13.9. The SMILES string of the molecule is N#Cc1cccc(/C=C/C(=O)NS(=O)(=O)c2ccc(C#N)c(C(F)(F)F)c2)c1. The van der Waals surface area contributed by atoms with Gasteiger partial charge in [0.15, 0.2) is 0 Å². The molecule has 142 valence electrons. The van der Waals surface area contributed by atoms with Gasteiger partial charge in [0.1, 0.15) is 0 Å². The van der Waals surface area contributed by atoms with Gasteiger partial charge < -0.3 is 0 Å². The van der Waals surface area contributed by atoms with E-state index >= 15 is 0 Å². The number of hydrogen-bond donors (Lipinski definition) is 1. The summed E-state index contributed by atoms with van der Waals surface area (Å²) in [6, 6.07) is 11.1. The van der Waals surface area contributed by atoms with Gasteiger partial charge in [-0.15, -0.1) is 0 Å². The molecule has 1 amide bonds. The Morgan fingerprint density at radius 1 is 1.07 bits per heavy atom. The molecule has 0 saturated heterocycles. The molecule has 0 saturated carbocycles. The fourth-order valence-corrected chi connectivity index (χ4v) is 3.10. The Bertz CT molecular complexity index is 1140. The summed E-state index contributed by atoms with van der Waals surface area (Å²) in [7, 11) is -4.60. The predicted molar refractivity (Wildman–Crippen MR) is 91.7 cm³/mol. The largest absolute Gasteiger partial charge is 0.417 e. The molecule has 0 fully saturated rings. The number of alkyl halides is 3. The lowest BCUT2D eigenvalue weighted by atomic mass is 10.1. The van der Waals surface area contributed by atoms with Crippen molar-refractivity contribution in [2.24, 2.45) is 0 Å². The summed E-state index contributed by atoms with van der Waals surface area (Å²) in [5.74, 6) is -1.10. The number of hydrogen-bond acceptors (Lipinski definition) is 5. The van der Waals surface area contributed by atoms with E-state index in [1.54, 1.807) is 16.9 Å². The highest BCUT2D eigenvalue weighted by molar-refractivity contribution is 7.90. The second-order valence-electron chi connectivity index (χ2n) is 5.36. The topological polar surface area (TPSA) is 111 Å². The number of halogens is 3. The van der Waals surface area contributed by atoms with Crippen LogP contribution in [0.4, 0.5) is 13.2 Å². The van der Waals surface area contributed by atoms with Crippen molar-refractivity contribution in [3.05, 3.63) is 70.8 Å². The minimum Gasteiger partial charge on any atom is -0.269 e. The van der Waals surface area contributed by atoms with Gasteiger partial charge in [-0.1, -0.05) is 12.1 Å². The van der Waals surface area contributed by atoms with E-state index in [4.69, 9.17) is 10.5 Å². The lowest BCUT2D eigenvalue weighted by Crippen LogP contribution is -2.29. The van der Waals surface area contributed by atoms with Gasteiger partial charge in [-0.05, 0) is 42.0 Å². The van der Waals surface area contributed by atoms with Crippen LogP contribution in [0.3, 0.4) is 0 Å². The van der Waals surface area contributed by atoms with E-state index in [1.165, 1.54) is 24.3 Å². The van der Waals surface area contributed by atoms with Crippen LogP contribution < -0.4 is 4.72 Å². The Hall–Kier alpha value is -3.63. The van der Waals surface area contributed by atoms with E-state index in [9.17, 15) is 26.4 Å². The third-order valence-corrected chi connectivity index (χ3v) is 4.75. The maximum absolute atomic E-state index is 13.0. The predicted octanol–water partition coefficient (Wildman–Crippen LogP) is 2.97. The highest BCUT2D eigenvalue weighted by atomic mass is 32.2. The van der Waals surface area contributed by atoms with Gasteiger partial charge in [-0.3, -0.25) is 4.79 Å². The van der Waals surface area contributed by atoms with Crippen molar-refractivity contribution >= 4 is 22.0 Å². The van der Waals surface area contributed by atoms with Gasteiger partial charge in [-0.2, -0.15) is 23.7 Å². The molecule has 2 aromatic carbocycles. The van der Waals surface area contributed by atoms with E-state index < -0.39 is 38.1 Å². The standard InChI is InChI=1S/C18H10F3N3O3S/c19-18(20,21)16-9-15(6-5-14(16)11-23)28(26,27)24-17(25)7-4-12-2-1-3-13(8-12)10-22/h1-9H,(H,24,25)/b7-4+. The van der Waals surface area contributed by atoms with Gasteiger partial charge in [-0.25, -0.2) is 13.1 Å². The second-order valence-corrected chi connectivity index (χ2v) is 7.04. The van der Waals surface area contributed by atoms with Crippen LogP contribution >= 0.6 is 0 Å². The first-order chi connectivity index (χ1) is 13.1. The highest BCUT2D eigenvalue weighted by Crippen LogP contribution is 2.33. The van der Waals surface area contributed by atoms with Crippen LogP contribution in [-0.2, 0) is 21.0 Å². The summed E-state index contributed by atoms with van der Waals surface area (Å²) in [5, 5.41) is 17.5. The minimum atomic E-state index is -4.94. The van der Waals surface area contributed by atoms with Crippen molar-refractivity contribution < 1.29 is 26.4 Å². The molecule has 0 heterocycles. The Morgan fingerprint density at radius 3 is 2.39 bits per heavy atom. The number of amides is 1. The Labute approximate surface area is 158 Å². The quantitative estimate of drug-likeness (QED) is 0.787. The summed E-state index contributed by atoms with van der Waals surface area (Å²) in [6.07, 6.45) is -2.83. The average Bonchev–Trinajstić information content (AvgIpc) is 2.65. The van der Waals surface area contributed by atoms with Crippen LogP contribution in [0.1, 0.15) is 22.3 Å². The third kappa shape index (κ3) is 4.96. The number of nitrogens with one attached hydrogen (secondary N) is 1. The molecule has 0 aromatic heterocycles. The number of carbonyl (C=O) groups excluding carboxylic acids is 1. The van der Waals surface area contributed by atoms with E-state index in [0.29, 0.717) is 17.2 Å². The lowest BCUT2D eigenvalue weighted by molar-refractivity contribution is -0.137. The molecular weight excluding hydrogens is 395 g/mol. The molecular formula is C18H10F3N3O3S. The van der Waals surface area contributed by atoms with Crippen LogP contribution in [0.15, 0.2) is 53.4 Å². The smallest absolute Gasteiger partial charge is 0.269 e. The first-order valence-electron chi connectivity index (χ1n) is 7.43. The summed E-state index contributed by atoms with van der Waals surface area (Å²) < 4.78 is 64.9. The zero-order valence-corrected chi connectivity index (χ0v) is 14.7. The van der Waals surface area contributed by atoms with Crippen LogP contribution in [0, 0.1) is 22.7 Å². The van der Waals surface area contributed by atoms with Gasteiger partial charge in [0.25, 0.3) is 15.9 Å². The van der Waals surface area contributed by atoms with Crippen LogP contribution in [0.25, 0.3) is 6.08 Å². The molecule has 10 heteroatoms. The van der Waals surface area contributed by atoms with Crippen molar-refractivity contribution in [3.8, 4) is 12.1 Å². The molecule has 0 aliphatic rings. The van der Waals surface area contributed by atoms with Crippen molar-refractivity contribution in [2.45, 2.75) is 11.1 Å². The second kappa shape index (κ2) is 7.94. The number of benzene rings is 2. The van der Waals surface area contributed by atoms with E-state index in [2.05, 4.69) is 0 Å². The number of nitrogens with zero attached hydrogens (tertiary/aromatic N) is 2. The van der Waals surface area contributed by atoms with Crippen molar-refractivity contribution in [1.82, 2.24) is 4.72 Å². The minimum absolute atomic E-state index is 0.286. The fraction of sp³-hybridized carbons (Fsp3) is 0.0556. The molecule has 0 radical (unpaired) electrons. The molecule has 2 aromatic rings. The van der Waals surface area contributed by atoms with Gasteiger partial charge in [0, 0.05) is 6.08 Å². The molecule has 6 nitrogen and oxygen atoms in total. The lowest BCUT2D eigenvalue weighted by Gasteiger charge is -2.11. The van der Waals surface area contributed by atoms with Crippen LogP contribution in [0.2, 0.25) is 0 Å². The van der Waals surface area contributed by atoms with Crippen molar-refractivity contribution in [3.63, 3.8) is 0 Å². The molecule has 0 bridgehead atoms. The monoisotopic (exact) mass is 405 g/mol. The van der Waals surface area contributed by atoms with Crippen LogP contribution in [0.5, 0.6) is 0 Å². The molecule has 0 spiro atoms. The summed E-state index contributed by atoms with van der Waals surface area (Å²) in [5.41, 5.74) is -1.39. The highest BCUT2D eigenvalue weighted by Gasteiger charge is 2.35. The third-order valence-electron chi connectivity index (χ3n) is 3.41. The summed E-state index contributed by atoms with van der Waals surface area (Å²) >= 11 is 0. The van der Waals surface area contributed by atoms with E-state index in [1.807, 2.05) is 6.07 Å². The number of nitriles is 2. The first kappa shape index (κ1) is 20.7. The average molecular weight is 405 g/mol. The van der Waals surface area contributed by atoms with Crippen molar-refractivity contribution in [1.29, 1.82) is 10.5 Å². The summed E-state index contributed by atoms with van der Waals surface area (Å²) in [6.45, 7) is 0. The summed E-state index contributed by atoms with van der Waals surface area (Å²) in [4.78, 5) is 11.0. The van der Waals surface area contributed by atoms with E-state index in [-0.39, 0.29) is 6.07 Å². The Balaban J connectivity index is 2.26. The Kier molecular flexibility index (Phi) is 5.87. The molecule has 0 aliphatic heterocycles. The zero-order chi connectivity index (χ0) is 20.9. The van der Waals surface area contributed by atoms with Gasteiger partial charge >= 0.3 is 6.18 Å². The molecule has 0 atom stereocenters. The first-order valence-corrected chi connectivity index (χ1v) is 8.91. The maximum Gasteiger partial charge on any atom is 0.417 e.